The van der Waals surface area contributed by atoms with E-state index in [2.05, 4.69) is 10.9 Å². The molecule has 0 heterocycles. The molecule has 1 amide bonds. The number of carboxylic acid groups (broad SMARTS) is 1. The van der Waals surface area contributed by atoms with Gasteiger partial charge in [-0.25, -0.2) is 19.8 Å². The Hall–Kier alpha value is -1.87. The summed E-state index contributed by atoms with van der Waals surface area (Å²) in [5.74, 6) is -3.29. The van der Waals surface area contributed by atoms with Crippen molar-refractivity contribution in [1.82, 2.24) is 10.9 Å². The van der Waals surface area contributed by atoms with Crippen LogP contribution in [-0.2, 0) is 19.1 Å². The number of amides is 1. The maximum Gasteiger partial charge on any atom is 0.422 e. The molecule has 1 unspecified atom stereocenters. The third-order valence-corrected chi connectivity index (χ3v) is 3.54. The van der Waals surface area contributed by atoms with E-state index in [1.807, 2.05) is 0 Å². The first-order chi connectivity index (χ1) is 11.2. The second kappa shape index (κ2) is 7.17. The minimum atomic E-state index is -2.22. The molecule has 9 heteroatoms. The third kappa shape index (κ3) is 5.57. The van der Waals surface area contributed by atoms with Gasteiger partial charge in [0.25, 0.3) is 0 Å². The van der Waals surface area contributed by atoms with Gasteiger partial charge in [0.05, 0.1) is 6.10 Å². The summed E-state index contributed by atoms with van der Waals surface area (Å²) in [6.07, 6.45) is -1.45. The van der Waals surface area contributed by atoms with Gasteiger partial charge in [-0.05, 0) is 54.4 Å². The minimum absolute atomic E-state index is 0.0918. The van der Waals surface area contributed by atoms with Gasteiger partial charge < -0.3 is 19.7 Å². The van der Waals surface area contributed by atoms with Crippen molar-refractivity contribution in [3.63, 3.8) is 0 Å². The molecule has 25 heavy (non-hydrogen) atoms. The van der Waals surface area contributed by atoms with E-state index in [-0.39, 0.29) is 12.8 Å². The quantitative estimate of drug-likeness (QED) is 0.323. The summed E-state index contributed by atoms with van der Waals surface area (Å²) in [7, 11) is 0. The van der Waals surface area contributed by atoms with Crippen LogP contribution >= 0.6 is 0 Å². The zero-order valence-corrected chi connectivity index (χ0v) is 15.5. The number of nitrogens with one attached hydrogen (secondary N) is 2. The van der Waals surface area contributed by atoms with Crippen molar-refractivity contribution < 1.29 is 34.1 Å². The molecule has 9 nitrogen and oxygen atoms in total. The summed E-state index contributed by atoms with van der Waals surface area (Å²) < 4.78 is 10.3. The van der Waals surface area contributed by atoms with Crippen molar-refractivity contribution in [3.05, 3.63) is 0 Å². The van der Waals surface area contributed by atoms with E-state index in [1.165, 1.54) is 0 Å². The molecule has 1 atom stereocenters. The van der Waals surface area contributed by atoms with Crippen LogP contribution in [0.3, 0.4) is 0 Å². The van der Waals surface area contributed by atoms with Gasteiger partial charge in [-0.1, -0.05) is 0 Å². The van der Waals surface area contributed by atoms with Crippen LogP contribution in [0.4, 0.5) is 4.79 Å². The number of esters is 1. The molecule has 1 aliphatic carbocycles. The SMILES string of the molecule is CC(C)(C)OC(=O)NNC(C(=O)O)(C(=O)OC(C)(C)C)C1CC(O)C1. The smallest absolute Gasteiger partial charge is 0.422 e. The molecule has 0 bridgehead atoms. The average Bonchev–Trinajstić information content (AvgIpc) is 2.32. The summed E-state index contributed by atoms with van der Waals surface area (Å²) in [6, 6.07) is 0. The Balaban J connectivity index is 3.03. The lowest BCUT2D eigenvalue weighted by molar-refractivity contribution is -0.180. The lowest BCUT2D eigenvalue weighted by Gasteiger charge is -2.43. The van der Waals surface area contributed by atoms with E-state index in [1.54, 1.807) is 41.5 Å². The van der Waals surface area contributed by atoms with Crippen LogP contribution in [0.5, 0.6) is 0 Å². The van der Waals surface area contributed by atoms with Crippen molar-refractivity contribution in [2.75, 3.05) is 0 Å². The highest BCUT2D eigenvalue weighted by molar-refractivity contribution is 6.05. The van der Waals surface area contributed by atoms with Crippen molar-refractivity contribution in [1.29, 1.82) is 0 Å². The maximum atomic E-state index is 12.6. The molecule has 0 aromatic heterocycles. The highest BCUT2D eigenvalue weighted by Crippen LogP contribution is 2.38. The van der Waals surface area contributed by atoms with Gasteiger partial charge in [0.15, 0.2) is 0 Å². The topological polar surface area (TPSA) is 134 Å². The van der Waals surface area contributed by atoms with Crippen molar-refractivity contribution >= 4 is 18.0 Å². The summed E-state index contributed by atoms with van der Waals surface area (Å²) in [4.78, 5) is 36.4. The van der Waals surface area contributed by atoms with Gasteiger partial charge in [0.2, 0.25) is 5.54 Å². The molecule has 144 valence electrons. The lowest BCUT2D eigenvalue weighted by atomic mass is 9.69. The van der Waals surface area contributed by atoms with E-state index < -0.39 is 46.8 Å². The molecule has 0 aromatic rings. The molecular weight excluding hydrogens is 332 g/mol. The first-order valence-corrected chi connectivity index (χ1v) is 8.08. The maximum absolute atomic E-state index is 12.6. The molecule has 0 spiro atoms. The Bertz CT molecular complexity index is 530. The van der Waals surface area contributed by atoms with E-state index in [9.17, 15) is 24.6 Å². The number of aliphatic carboxylic acids is 1. The van der Waals surface area contributed by atoms with E-state index in [0.717, 1.165) is 0 Å². The van der Waals surface area contributed by atoms with E-state index in [4.69, 9.17) is 9.47 Å². The zero-order chi connectivity index (χ0) is 19.6. The van der Waals surface area contributed by atoms with Gasteiger partial charge in [-0.15, -0.1) is 0 Å². The fourth-order valence-corrected chi connectivity index (χ4v) is 2.39. The number of carboxylic acids is 1. The van der Waals surface area contributed by atoms with Crippen LogP contribution < -0.4 is 10.9 Å². The van der Waals surface area contributed by atoms with Gasteiger partial charge in [0.1, 0.15) is 11.2 Å². The van der Waals surface area contributed by atoms with Crippen LogP contribution in [0.1, 0.15) is 54.4 Å². The number of aliphatic hydroxyl groups is 1. The standard InChI is InChI=1S/C16H28N2O7/c1-14(2,3)24-12(22)16(11(20)21,9-7-10(19)8-9)18-17-13(23)25-15(4,5)6/h9-10,18-19H,7-8H2,1-6H3,(H,17,23)(H,20,21). The number of carbonyl (C=O) groups excluding carboxylic acids is 2. The Labute approximate surface area is 147 Å². The van der Waals surface area contributed by atoms with Gasteiger partial charge >= 0.3 is 18.0 Å². The Morgan fingerprint density at radius 3 is 1.80 bits per heavy atom. The zero-order valence-electron chi connectivity index (χ0n) is 15.5. The molecule has 0 aromatic carbocycles. The number of rotatable bonds is 5. The molecule has 1 fully saturated rings. The molecule has 0 radical (unpaired) electrons. The molecular formula is C16H28N2O7. The molecule has 1 aliphatic rings. The van der Waals surface area contributed by atoms with Crippen LogP contribution in [0.25, 0.3) is 0 Å². The highest BCUT2D eigenvalue weighted by Gasteiger charge is 2.59. The Morgan fingerprint density at radius 1 is 0.960 bits per heavy atom. The predicted molar refractivity (Wildman–Crippen MR) is 87.4 cm³/mol. The fourth-order valence-electron chi connectivity index (χ4n) is 2.39. The van der Waals surface area contributed by atoms with Crippen molar-refractivity contribution in [2.45, 2.75) is 77.2 Å². The third-order valence-electron chi connectivity index (χ3n) is 3.54. The fraction of sp³-hybridized carbons (Fsp3) is 0.812. The van der Waals surface area contributed by atoms with Crippen LogP contribution in [0.15, 0.2) is 0 Å². The number of carbonyl (C=O) groups is 3. The van der Waals surface area contributed by atoms with E-state index >= 15 is 0 Å². The number of aliphatic hydroxyl groups excluding tert-OH is 1. The highest BCUT2D eigenvalue weighted by atomic mass is 16.6. The van der Waals surface area contributed by atoms with Crippen LogP contribution in [-0.4, -0.2) is 51.1 Å². The number of hydrazine groups is 1. The van der Waals surface area contributed by atoms with Gasteiger partial charge in [-0.2, -0.15) is 0 Å². The lowest BCUT2D eigenvalue weighted by Crippen LogP contribution is -2.71. The molecule has 1 saturated carbocycles. The van der Waals surface area contributed by atoms with E-state index in [0.29, 0.717) is 0 Å². The number of ether oxygens (including phenoxy) is 2. The summed E-state index contributed by atoms with van der Waals surface area (Å²) in [6.45, 7) is 9.75. The largest absolute Gasteiger partial charge is 0.479 e. The first-order valence-electron chi connectivity index (χ1n) is 8.08. The number of hydrogen-bond acceptors (Lipinski definition) is 7. The predicted octanol–water partition coefficient (Wildman–Crippen LogP) is 0.952. The van der Waals surface area contributed by atoms with Gasteiger partial charge in [0, 0.05) is 5.92 Å². The number of hydrogen-bond donors (Lipinski definition) is 4. The second-order valence-corrected chi connectivity index (χ2v) is 8.19. The van der Waals surface area contributed by atoms with Crippen molar-refractivity contribution in [3.8, 4) is 0 Å². The van der Waals surface area contributed by atoms with Gasteiger partial charge in [-0.3, -0.25) is 5.43 Å². The average molecular weight is 360 g/mol. The first kappa shape index (κ1) is 21.2. The molecule has 1 rings (SSSR count). The Morgan fingerprint density at radius 2 is 1.44 bits per heavy atom. The molecule has 0 saturated heterocycles. The summed E-state index contributed by atoms with van der Waals surface area (Å²) >= 11 is 0. The molecule has 0 aliphatic heterocycles. The van der Waals surface area contributed by atoms with Crippen LogP contribution in [0, 0.1) is 5.92 Å². The van der Waals surface area contributed by atoms with Crippen molar-refractivity contribution in [2.24, 2.45) is 5.92 Å². The Kier molecular flexibility index (Phi) is 6.07. The van der Waals surface area contributed by atoms with Crippen LogP contribution in [0.2, 0.25) is 0 Å². The summed E-state index contributed by atoms with van der Waals surface area (Å²) in [5, 5.41) is 19.2. The normalized spacial score (nSPS) is 23.0. The summed E-state index contributed by atoms with van der Waals surface area (Å²) in [5.41, 5.74) is 0.471. The second-order valence-electron chi connectivity index (χ2n) is 8.19. The monoisotopic (exact) mass is 360 g/mol. The minimum Gasteiger partial charge on any atom is -0.479 e. The molecule has 4 N–H and O–H groups in total.